The summed E-state index contributed by atoms with van der Waals surface area (Å²) in [5.74, 6) is 0.902. The minimum atomic E-state index is -0.0956. The number of carbonyl (C=O) groups is 1. The molecular formula is C23H20N4O2S. The fourth-order valence-corrected chi connectivity index (χ4v) is 3.71. The number of carbonyl (C=O) groups excluding carboxylic acids is 1. The summed E-state index contributed by atoms with van der Waals surface area (Å²) in [4.78, 5) is 26.4. The van der Waals surface area contributed by atoms with Crippen LogP contribution in [0.25, 0.3) is 0 Å². The number of hydrogen-bond donors (Lipinski definition) is 1. The zero-order chi connectivity index (χ0) is 20.8. The zero-order valence-corrected chi connectivity index (χ0v) is 17.2. The van der Waals surface area contributed by atoms with Crippen molar-refractivity contribution in [1.29, 1.82) is 0 Å². The van der Waals surface area contributed by atoms with Crippen molar-refractivity contribution in [3.05, 3.63) is 78.6 Å². The van der Waals surface area contributed by atoms with Gasteiger partial charge in [0.15, 0.2) is 0 Å². The number of anilines is 1. The highest BCUT2D eigenvalue weighted by Crippen LogP contribution is 2.33. The van der Waals surface area contributed by atoms with Gasteiger partial charge in [0, 0.05) is 18.3 Å². The van der Waals surface area contributed by atoms with E-state index in [9.17, 15) is 4.79 Å². The molecule has 1 amide bonds. The van der Waals surface area contributed by atoms with Gasteiger partial charge in [-0.25, -0.2) is 9.98 Å². The summed E-state index contributed by atoms with van der Waals surface area (Å²) in [6.45, 7) is 0. The molecule has 1 N–H and O–H groups in total. The van der Waals surface area contributed by atoms with E-state index in [4.69, 9.17) is 14.7 Å². The number of benzene rings is 2. The number of thioether (sulfide) groups is 1. The van der Waals surface area contributed by atoms with Crippen molar-refractivity contribution in [3.8, 4) is 5.75 Å². The number of aliphatic imine (C=N–C) groups is 2. The molecule has 0 bridgehead atoms. The quantitative estimate of drug-likeness (QED) is 0.634. The maximum Gasteiger partial charge on any atom is 0.234 e. The van der Waals surface area contributed by atoms with Gasteiger partial charge in [0.25, 0.3) is 0 Å². The van der Waals surface area contributed by atoms with E-state index in [0.717, 1.165) is 39.3 Å². The summed E-state index contributed by atoms with van der Waals surface area (Å²) < 4.78 is 5.14. The molecule has 1 aliphatic heterocycles. The van der Waals surface area contributed by atoms with Crippen LogP contribution in [0.3, 0.4) is 0 Å². The summed E-state index contributed by atoms with van der Waals surface area (Å²) in [6, 6.07) is 20.7. The molecule has 1 aliphatic rings. The highest BCUT2D eigenvalue weighted by atomic mass is 32.2. The van der Waals surface area contributed by atoms with E-state index in [0.29, 0.717) is 6.42 Å². The standard InChI is InChI=1S/C23H20N4O2S/c1-29-17-11-9-16(10-12-17)25-22(28)15-30-23-14-21(18-6-4-5-13-24-18)26-19-7-2-3-8-20(19)27-23/h2-13H,14-15H2,1H3,(H,25,28). The van der Waals surface area contributed by atoms with Crippen LogP contribution >= 0.6 is 11.8 Å². The number of nitrogens with one attached hydrogen (secondary N) is 1. The molecule has 0 atom stereocenters. The SMILES string of the molecule is COc1ccc(NC(=O)CSC2=Nc3ccccc3N=C(c3ccccn3)C2)cc1. The summed E-state index contributed by atoms with van der Waals surface area (Å²) >= 11 is 1.41. The lowest BCUT2D eigenvalue weighted by molar-refractivity contribution is -0.113. The Hall–Kier alpha value is -3.45. The number of ether oxygens (including phenoxy) is 1. The number of fused-ring (bicyclic) bond motifs is 1. The molecule has 30 heavy (non-hydrogen) atoms. The van der Waals surface area contributed by atoms with Crippen LogP contribution in [0.5, 0.6) is 5.75 Å². The van der Waals surface area contributed by atoms with Crippen LogP contribution in [0, 0.1) is 0 Å². The third-order valence-corrected chi connectivity index (χ3v) is 5.38. The van der Waals surface area contributed by atoms with Crippen molar-refractivity contribution < 1.29 is 9.53 Å². The Labute approximate surface area is 179 Å². The van der Waals surface area contributed by atoms with Gasteiger partial charge in [-0.2, -0.15) is 0 Å². The van der Waals surface area contributed by atoms with E-state index in [2.05, 4.69) is 10.3 Å². The first-order valence-corrected chi connectivity index (χ1v) is 10.4. The third kappa shape index (κ3) is 4.93. The van der Waals surface area contributed by atoms with Gasteiger partial charge in [-0.1, -0.05) is 18.2 Å². The van der Waals surface area contributed by atoms with Crippen LogP contribution in [-0.4, -0.2) is 34.5 Å². The molecule has 0 spiro atoms. The first-order chi connectivity index (χ1) is 14.7. The number of amides is 1. The van der Waals surface area contributed by atoms with Crippen LogP contribution in [-0.2, 0) is 4.79 Å². The Balaban J connectivity index is 1.48. The van der Waals surface area contributed by atoms with Gasteiger partial charge >= 0.3 is 0 Å². The molecule has 4 rings (SSSR count). The van der Waals surface area contributed by atoms with E-state index in [1.807, 2.05) is 66.7 Å². The highest BCUT2D eigenvalue weighted by Gasteiger charge is 2.17. The smallest absolute Gasteiger partial charge is 0.234 e. The molecule has 0 radical (unpaired) electrons. The van der Waals surface area contributed by atoms with Crippen molar-refractivity contribution in [1.82, 2.24) is 4.98 Å². The Morgan fingerprint density at radius 2 is 1.73 bits per heavy atom. The number of methoxy groups -OCH3 is 1. The fourth-order valence-electron chi connectivity index (χ4n) is 2.94. The monoisotopic (exact) mass is 416 g/mol. The number of hydrogen-bond acceptors (Lipinski definition) is 6. The lowest BCUT2D eigenvalue weighted by Crippen LogP contribution is -2.16. The predicted molar refractivity (Wildman–Crippen MR) is 123 cm³/mol. The maximum absolute atomic E-state index is 12.4. The van der Waals surface area contributed by atoms with E-state index in [-0.39, 0.29) is 11.7 Å². The number of rotatable bonds is 5. The second-order valence-electron chi connectivity index (χ2n) is 6.51. The van der Waals surface area contributed by atoms with Crippen molar-refractivity contribution in [3.63, 3.8) is 0 Å². The van der Waals surface area contributed by atoms with Gasteiger partial charge in [0.1, 0.15) is 5.75 Å². The summed E-state index contributed by atoms with van der Waals surface area (Å²) in [7, 11) is 1.61. The van der Waals surface area contributed by atoms with Crippen molar-refractivity contribution in [2.45, 2.75) is 6.42 Å². The summed E-state index contributed by atoms with van der Waals surface area (Å²) in [6.07, 6.45) is 2.27. The lowest BCUT2D eigenvalue weighted by Gasteiger charge is -2.08. The van der Waals surface area contributed by atoms with Crippen LogP contribution in [0.15, 0.2) is 82.9 Å². The summed E-state index contributed by atoms with van der Waals surface area (Å²) in [5, 5.41) is 3.73. The molecule has 7 heteroatoms. The average Bonchev–Trinajstić information content (AvgIpc) is 2.98. The van der Waals surface area contributed by atoms with Gasteiger partial charge in [0.05, 0.1) is 40.7 Å². The van der Waals surface area contributed by atoms with Crippen LogP contribution in [0.1, 0.15) is 12.1 Å². The second-order valence-corrected chi connectivity index (χ2v) is 7.56. The number of aromatic nitrogens is 1. The van der Waals surface area contributed by atoms with Crippen LogP contribution in [0.2, 0.25) is 0 Å². The zero-order valence-electron chi connectivity index (χ0n) is 16.4. The molecule has 2 heterocycles. The Morgan fingerprint density at radius 1 is 1.00 bits per heavy atom. The van der Waals surface area contributed by atoms with Gasteiger partial charge in [-0.3, -0.25) is 9.78 Å². The lowest BCUT2D eigenvalue weighted by atomic mass is 10.2. The number of pyridine rings is 1. The molecule has 0 unspecified atom stereocenters. The van der Waals surface area contributed by atoms with E-state index >= 15 is 0 Å². The Kier molecular flexibility index (Phi) is 6.20. The minimum Gasteiger partial charge on any atom is -0.497 e. The van der Waals surface area contributed by atoms with E-state index in [1.54, 1.807) is 13.3 Å². The van der Waals surface area contributed by atoms with Crippen molar-refractivity contribution >= 4 is 45.5 Å². The molecule has 3 aromatic rings. The Bertz CT molecular complexity index is 1100. The van der Waals surface area contributed by atoms with Crippen LogP contribution < -0.4 is 10.1 Å². The first kappa shape index (κ1) is 19.8. The Morgan fingerprint density at radius 3 is 2.43 bits per heavy atom. The predicted octanol–water partition coefficient (Wildman–Crippen LogP) is 5.02. The number of nitrogens with zero attached hydrogens (tertiary/aromatic N) is 3. The normalized spacial score (nSPS) is 12.8. The number of para-hydroxylation sites is 2. The molecular weight excluding hydrogens is 396 g/mol. The molecule has 1 aromatic heterocycles. The van der Waals surface area contributed by atoms with E-state index < -0.39 is 0 Å². The largest absolute Gasteiger partial charge is 0.497 e. The first-order valence-electron chi connectivity index (χ1n) is 9.43. The fraction of sp³-hybridized carbons (Fsp3) is 0.130. The molecule has 6 nitrogen and oxygen atoms in total. The molecule has 0 saturated heterocycles. The molecule has 2 aromatic carbocycles. The van der Waals surface area contributed by atoms with Gasteiger partial charge in [-0.15, -0.1) is 11.8 Å². The highest BCUT2D eigenvalue weighted by molar-refractivity contribution is 8.14. The van der Waals surface area contributed by atoms with Gasteiger partial charge in [-0.05, 0) is 48.5 Å². The molecule has 0 fully saturated rings. The van der Waals surface area contributed by atoms with Crippen molar-refractivity contribution in [2.75, 3.05) is 18.2 Å². The third-order valence-electron chi connectivity index (χ3n) is 4.41. The maximum atomic E-state index is 12.4. The molecule has 150 valence electrons. The second kappa shape index (κ2) is 9.37. The van der Waals surface area contributed by atoms with Crippen molar-refractivity contribution in [2.24, 2.45) is 9.98 Å². The van der Waals surface area contributed by atoms with Crippen LogP contribution in [0.4, 0.5) is 17.1 Å². The van der Waals surface area contributed by atoms with Gasteiger partial charge in [0.2, 0.25) is 5.91 Å². The average molecular weight is 417 g/mol. The minimum absolute atomic E-state index is 0.0956. The van der Waals surface area contributed by atoms with Gasteiger partial charge < -0.3 is 10.1 Å². The molecule has 0 aliphatic carbocycles. The van der Waals surface area contributed by atoms with E-state index in [1.165, 1.54) is 11.8 Å². The summed E-state index contributed by atoms with van der Waals surface area (Å²) in [5.41, 5.74) is 3.97. The molecule has 0 saturated carbocycles. The topological polar surface area (TPSA) is 75.9 Å².